The number of carbonyl (C=O) groups excluding carboxylic acids is 1. The lowest BCUT2D eigenvalue weighted by Gasteiger charge is -2.26. The number of benzene rings is 1. The largest absolute Gasteiger partial charge is 0.326 e. The summed E-state index contributed by atoms with van der Waals surface area (Å²) in [5.41, 5.74) is 6.02. The van der Waals surface area contributed by atoms with Crippen LogP contribution in [0.1, 0.15) is 51.5 Å². The van der Waals surface area contributed by atoms with Gasteiger partial charge in [-0.15, -0.1) is 0 Å². The number of aliphatic imine (C=N–C) groups is 1. The minimum Gasteiger partial charge on any atom is -0.326 e. The Hall–Kier alpha value is -1.82. The molecule has 2 N–H and O–H groups in total. The van der Waals surface area contributed by atoms with Gasteiger partial charge in [-0.3, -0.25) is 15.2 Å². The summed E-state index contributed by atoms with van der Waals surface area (Å²) >= 11 is 1.72. The number of hydrazone groups is 1. The van der Waals surface area contributed by atoms with E-state index in [1.54, 1.807) is 11.8 Å². The monoisotopic (exact) mass is 358 g/mol. The molecule has 2 atom stereocenters. The summed E-state index contributed by atoms with van der Waals surface area (Å²) in [6.07, 6.45) is 5.57. The van der Waals surface area contributed by atoms with Crippen LogP contribution in [0.2, 0.25) is 0 Å². The second kappa shape index (κ2) is 8.52. The first-order valence-electron chi connectivity index (χ1n) is 9.09. The molecular formula is C19H26N4OS. The molecule has 0 bridgehead atoms. The second-order valence-corrected chi connectivity index (χ2v) is 7.67. The molecule has 5 nitrogen and oxygen atoms in total. The maximum Gasteiger partial charge on any atom is 0.224 e. The number of anilines is 1. The average Bonchev–Trinajstić information content (AvgIpc) is 2.65. The highest BCUT2D eigenvalue weighted by Gasteiger charge is 2.22. The molecule has 1 aromatic carbocycles. The summed E-state index contributed by atoms with van der Waals surface area (Å²) in [4.78, 5) is 16.3. The molecule has 0 radical (unpaired) electrons. The summed E-state index contributed by atoms with van der Waals surface area (Å²) in [6.45, 7) is 4.14. The molecule has 1 fully saturated rings. The zero-order valence-corrected chi connectivity index (χ0v) is 15.7. The lowest BCUT2D eigenvalue weighted by atomic mass is 9.86. The third-order valence-electron chi connectivity index (χ3n) is 4.80. The molecular weight excluding hydrogens is 332 g/mol. The molecule has 0 spiro atoms. The second-order valence-electron chi connectivity index (χ2n) is 6.70. The highest BCUT2D eigenvalue weighted by Crippen LogP contribution is 2.27. The zero-order chi connectivity index (χ0) is 17.6. The quantitative estimate of drug-likeness (QED) is 0.854. The fraction of sp³-hybridized carbons (Fsp3) is 0.526. The first kappa shape index (κ1) is 18.0. The Labute approximate surface area is 153 Å². The van der Waals surface area contributed by atoms with Crippen molar-refractivity contribution in [3.05, 3.63) is 29.8 Å². The highest BCUT2D eigenvalue weighted by atomic mass is 32.2. The van der Waals surface area contributed by atoms with Gasteiger partial charge in [-0.25, -0.2) is 0 Å². The van der Waals surface area contributed by atoms with Gasteiger partial charge in [0, 0.05) is 17.9 Å². The van der Waals surface area contributed by atoms with Crippen LogP contribution >= 0.6 is 11.8 Å². The minimum atomic E-state index is 0.0257. The topological polar surface area (TPSA) is 65.8 Å². The van der Waals surface area contributed by atoms with Gasteiger partial charge in [-0.2, -0.15) is 5.10 Å². The molecule has 1 saturated carbocycles. The zero-order valence-electron chi connectivity index (χ0n) is 14.9. The maximum absolute atomic E-state index is 11.4. The molecule has 1 heterocycles. The fourth-order valence-corrected chi connectivity index (χ4v) is 3.99. The maximum atomic E-state index is 11.4. The molecule has 2 unspecified atom stereocenters. The van der Waals surface area contributed by atoms with Crippen molar-refractivity contribution in [2.24, 2.45) is 16.0 Å². The third kappa shape index (κ3) is 4.84. The standard InChI is InChI=1S/C19H26N4OS/c1-3-18(24)20-15-10-8-14(9-11-15)17-12-25-19(23-22-17)21-16-7-5-4-6-13(16)2/h8-11,13,16H,3-7,12H2,1-2H3,(H,20,24)(H,21,23). The van der Waals surface area contributed by atoms with E-state index in [1.807, 2.05) is 31.2 Å². The number of rotatable bonds is 4. The van der Waals surface area contributed by atoms with Crippen LogP contribution in [0.25, 0.3) is 0 Å². The Morgan fingerprint density at radius 3 is 2.72 bits per heavy atom. The molecule has 6 heteroatoms. The van der Waals surface area contributed by atoms with Crippen molar-refractivity contribution in [2.45, 2.75) is 52.0 Å². The molecule has 1 aliphatic carbocycles. The first-order chi connectivity index (χ1) is 12.2. The number of hydrogen-bond acceptors (Lipinski definition) is 4. The van der Waals surface area contributed by atoms with E-state index >= 15 is 0 Å². The van der Waals surface area contributed by atoms with Gasteiger partial charge in [-0.1, -0.05) is 50.6 Å². The van der Waals surface area contributed by atoms with Gasteiger partial charge in [0.2, 0.25) is 5.91 Å². The van der Waals surface area contributed by atoms with Gasteiger partial charge in [-0.05, 0) is 36.5 Å². The number of carbonyl (C=O) groups is 1. The van der Waals surface area contributed by atoms with Crippen LogP contribution in [0.3, 0.4) is 0 Å². The van der Waals surface area contributed by atoms with E-state index in [2.05, 4.69) is 22.8 Å². The van der Waals surface area contributed by atoms with Gasteiger partial charge in [0.05, 0.1) is 11.8 Å². The minimum absolute atomic E-state index is 0.0257. The van der Waals surface area contributed by atoms with Gasteiger partial charge >= 0.3 is 0 Å². The number of nitrogens with one attached hydrogen (secondary N) is 2. The fourth-order valence-electron chi connectivity index (χ4n) is 3.17. The molecule has 1 aromatic rings. The number of amides is 1. The predicted octanol–water partition coefficient (Wildman–Crippen LogP) is 4.01. The Morgan fingerprint density at radius 2 is 2.08 bits per heavy atom. The van der Waals surface area contributed by atoms with Crippen molar-refractivity contribution >= 4 is 34.2 Å². The molecule has 0 aromatic heterocycles. The van der Waals surface area contributed by atoms with E-state index in [9.17, 15) is 4.79 Å². The Bertz CT molecular complexity index is 669. The molecule has 2 aliphatic rings. The first-order valence-corrected chi connectivity index (χ1v) is 10.1. The van der Waals surface area contributed by atoms with Gasteiger partial charge < -0.3 is 5.32 Å². The van der Waals surface area contributed by atoms with E-state index in [0.717, 1.165) is 27.9 Å². The molecule has 25 heavy (non-hydrogen) atoms. The molecule has 1 amide bonds. The van der Waals surface area contributed by atoms with Crippen LogP contribution in [-0.4, -0.2) is 28.6 Å². The summed E-state index contributed by atoms with van der Waals surface area (Å²) in [5, 5.41) is 8.30. The van der Waals surface area contributed by atoms with Crippen LogP contribution in [0.4, 0.5) is 5.69 Å². The van der Waals surface area contributed by atoms with Crippen molar-refractivity contribution in [3.8, 4) is 0 Å². The van der Waals surface area contributed by atoms with Gasteiger partial charge in [0.25, 0.3) is 0 Å². The van der Waals surface area contributed by atoms with E-state index in [1.165, 1.54) is 25.7 Å². The number of hydrogen-bond donors (Lipinski definition) is 2. The smallest absolute Gasteiger partial charge is 0.224 e. The van der Waals surface area contributed by atoms with E-state index in [4.69, 9.17) is 4.99 Å². The van der Waals surface area contributed by atoms with Gasteiger partial charge in [0.1, 0.15) is 0 Å². The number of amidine groups is 1. The lowest BCUT2D eigenvalue weighted by molar-refractivity contribution is -0.115. The molecule has 3 rings (SSSR count). The van der Waals surface area contributed by atoms with Crippen molar-refractivity contribution in [1.82, 2.24) is 5.43 Å². The van der Waals surface area contributed by atoms with E-state index in [-0.39, 0.29) is 5.91 Å². The van der Waals surface area contributed by atoms with Crippen molar-refractivity contribution in [3.63, 3.8) is 0 Å². The summed E-state index contributed by atoms with van der Waals surface area (Å²) < 4.78 is 0. The average molecular weight is 359 g/mol. The lowest BCUT2D eigenvalue weighted by Crippen LogP contribution is -2.29. The van der Waals surface area contributed by atoms with E-state index < -0.39 is 0 Å². The normalized spacial score (nSPS) is 25.2. The third-order valence-corrected chi connectivity index (χ3v) is 5.69. The Morgan fingerprint density at radius 1 is 1.32 bits per heavy atom. The number of nitrogens with zero attached hydrogens (tertiary/aromatic N) is 2. The number of thioether (sulfide) groups is 1. The molecule has 0 saturated heterocycles. The SMILES string of the molecule is CCC(=O)Nc1ccc(C2=NNC(=NC3CCCCC3C)SC2)cc1. The van der Waals surface area contributed by atoms with Crippen molar-refractivity contribution in [1.29, 1.82) is 0 Å². The Kier molecular flexibility index (Phi) is 6.13. The summed E-state index contributed by atoms with van der Waals surface area (Å²) in [7, 11) is 0. The summed E-state index contributed by atoms with van der Waals surface area (Å²) in [6, 6.07) is 8.27. The van der Waals surface area contributed by atoms with Crippen molar-refractivity contribution in [2.75, 3.05) is 11.1 Å². The molecule has 1 aliphatic heterocycles. The van der Waals surface area contributed by atoms with Gasteiger partial charge in [0.15, 0.2) is 5.17 Å². The predicted molar refractivity (Wildman–Crippen MR) is 106 cm³/mol. The molecule has 134 valence electrons. The van der Waals surface area contributed by atoms with Crippen LogP contribution in [0.5, 0.6) is 0 Å². The Balaban J connectivity index is 1.61. The van der Waals surface area contributed by atoms with Crippen LogP contribution in [0.15, 0.2) is 34.4 Å². The van der Waals surface area contributed by atoms with Crippen LogP contribution < -0.4 is 10.7 Å². The highest BCUT2D eigenvalue weighted by molar-refractivity contribution is 8.14. The van der Waals surface area contributed by atoms with Crippen molar-refractivity contribution < 1.29 is 4.79 Å². The van der Waals surface area contributed by atoms with E-state index in [0.29, 0.717) is 18.4 Å². The summed E-state index contributed by atoms with van der Waals surface area (Å²) in [5.74, 6) is 1.51. The van der Waals surface area contributed by atoms with Crippen LogP contribution in [-0.2, 0) is 4.79 Å². The van der Waals surface area contributed by atoms with Crippen LogP contribution in [0, 0.1) is 5.92 Å².